The second-order valence-electron chi connectivity index (χ2n) is 5.42. The zero-order chi connectivity index (χ0) is 18.5. The first-order valence-corrected chi connectivity index (χ1v) is 8.22. The van der Waals surface area contributed by atoms with Gasteiger partial charge in [0.05, 0.1) is 5.52 Å². The molecular weight excluding hydrogens is 354 g/mol. The van der Waals surface area contributed by atoms with Crippen molar-refractivity contribution in [1.29, 1.82) is 0 Å². The number of ether oxygens (including phenoxy) is 1. The van der Waals surface area contributed by atoms with E-state index in [1.165, 1.54) is 0 Å². The van der Waals surface area contributed by atoms with Crippen LogP contribution >= 0.6 is 11.6 Å². The average Bonchev–Trinajstić information content (AvgIpc) is 2.92. The van der Waals surface area contributed by atoms with Crippen LogP contribution < -0.4 is 4.74 Å². The fourth-order valence-electron chi connectivity index (χ4n) is 2.49. The standard InChI is InChI=1S/C19H16ClN3O3/c1-2-11-23-16-6-4-3-5-15(16)18(19(23)25)22-21-17(24)12-26-14-9-7-13(20)8-10-14/h2-10,25H,1,11-12H2. The van der Waals surface area contributed by atoms with Crippen LogP contribution in [-0.2, 0) is 11.3 Å². The first-order chi connectivity index (χ1) is 12.6. The molecule has 132 valence electrons. The summed E-state index contributed by atoms with van der Waals surface area (Å²) in [5.41, 5.74) is 1.02. The molecule has 26 heavy (non-hydrogen) atoms. The number of benzene rings is 2. The number of amides is 1. The summed E-state index contributed by atoms with van der Waals surface area (Å²) >= 11 is 5.79. The number of hydrogen-bond acceptors (Lipinski definition) is 4. The third-order valence-corrected chi connectivity index (χ3v) is 3.92. The summed E-state index contributed by atoms with van der Waals surface area (Å²) in [5, 5.41) is 19.3. The maximum atomic E-state index is 11.9. The van der Waals surface area contributed by atoms with Gasteiger partial charge in [0, 0.05) is 17.0 Å². The lowest BCUT2D eigenvalue weighted by Crippen LogP contribution is -2.07. The second-order valence-corrected chi connectivity index (χ2v) is 5.86. The summed E-state index contributed by atoms with van der Waals surface area (Å²) in [4.78, 5) is 11.9. The maximum absolute atomic E-state index is 11.9. The second kappa shape index (κ2) is 7.84. The van der Waals surface area contributed by atoms with E-state index >= 15 is 0 Å². The zero-order valence-electron chi connectivity index (χ0n) is 13.8. The molecule has 3 aromatic rings. The Morgan fingerprint density at radius 2 is 1.96 bits per heavy atom. The van der Waals surface area contributed by atoms with Gasteiger partial charge < -0.3 is 14.4 Å². The molecule has 0 aliphatic heterocycles. The largest absolute Gasteiger partial charge is 0.493 e. The smallest absolute Gasteiger partial charge is 0.302 e. The van der Waals surface area contributed by atoms with E-state index < -0.39 is 5.91 Å². The van der Waals surface area contributed by atoms with E-state index in [9.17, 15) is 9.90 Å². The number of fused-ring (bicyclic) bond motifs is 1. The molecule has 1 amide bonds. The predicted molar refractivity (Wildman–Crippen MR) is 100 cm³/mol. The number of azo groups is 1. The number of carbonyl (C=O) groups excluding carboxylic acids is 1. The Kier molecular flexibility index (Phi) is 5.34. The Labute approximate surface area is 155 Å². The highest BCUT2D eigenvalue weighted by atomic mass is 35.5. The van der Waals surface area contributed by atoms with Gasteiger partial charge in [-0.25, -0.2) is 0 Å². The zero-order valence-corrected chi connectivity index (χ0v) is 14.6. The van der Waals surface area contributed by atoms with Crippen molar-refractivity contribution in [2.24, 2.45) is 10.2 Å². The Morgan fingerprint density at radius 3 is 2.69 bits per heavy atom. The van der Waals surface area contributed by atoms with Crippen LogP contribution in [0.15, 0.2) is 71.4 Å². The Bertz CT molecular complexity index is 978. The van der Waals surface area contributed by atoms with Gasteiger partial charge >= 0.3 is 5.91 Å². The number of hydrogen-bond donors (Lipinski definition) is 1. The van der Waals surface area contributed by atoms with E-state index in [2.05, 4.69) is 16.8 Å². The molecule has 1 N–H and O–H groups in total. The fraction of sp³-hybridized carbons (Fsp3) is 0.105. The van der Waals surface area contributed by atoms with Gasteiger partial charge in [-0.1, -0.05) is 35.9 Å². The first kappa shape index (κ1) is 17.7. The topological polar surface area (TPSA) is 76.2 Å². The Hall–Kier alpha value is -3.12. The van der Waals surface area contributed by atoms with Crippen molar-refractivity contribution >= 4 is 34.1 Å². The lowest BCUT2D eigenvalue weighted by molar-refractivity contribution is -0.120. The highest BCUT2D eigenvalue weighted by Gasteiger charge is 2.15. The molecule has 0 saturated heterocycles. The summed E-state index contributed by atoms with van der Waals surface area (Å²) in [6.07, 6.45) is 1.66. The molecule has 1 heterocycles. The van der Waals surface area contributed by atoms with E-state index in [4.69, 9.17) is 16.3 Å². The number of nitrogens with zero attached hydrogens (tertiary/aromatic N) is 3. The highest BCUT2D eigenvalue weighted by Crippen LogP contribution is 2.38. The molecule has 7 heteroatoms. The summed E-state index contributed by atoms with van der Waals surface area (Å²) in [7, 11) is 0. The molecule has 0 fully saturated rings. The number of rotatable bonds is 6. The molecule has 0 aliphatic rings. The van der Waals surface area contributed by atoms with Crippen molar-refractivity contribution in [3.05, 3.63) is 66.2 Å². The number of allylic oxidation sites excluding steroid dienone is 1. The van der Waals surface area contributed by atoms with Gasteiger partial charge in [0.25, 0.3) is 0 Å². The van der Waals surface area contributed by atoms with Crippen LogP contribution in [0.25, 0.3) is 10.9 Å². The molecule has 0 aliphatic carbocycles. The van der Waals surface area contributed by atoms with Gasteiger partial charge in [0.15, 0.2) is 12.3 Å². The molecule has 0 bridgehead atoms. The SMILES string of the molecule is C=CCn1c(O)c(N=NC(=O)COc2ccc(Cl)cc2)c2ccccc21. The molecular formula is C19H16ClN3O3. The minimum Gasteiger partial charge on any atom is -0.493 e. The van der Waals surface area contributed by atoms with E-state index in [1.807, 2.05) is 18.2 Å². The number of halogens is 1. The number of aromatic hydroxyl groups is 1. The molecule has 0 saturated carbocycles. The van der Waals surface area contributed by atoms with Gasteiger partial charge in [0.1, 0.15) is 5.75 Å². The van der Waals surface area contributed by atoms with Crippen molar-refractivity contribution in [2.45, 2.75) is 6.54 Å². The van der Waals surface area contributed by atoms with Gasteiger partial charge in [-0.15, -0.1) is 16.8 Å². The van der Waals surface area contributed by atoms with Crippen molar-refractivity contribution in [2.75, 3.05) is 6.61 Å². The molecule has 0 unspecified atom stereocenters. The summed E-state index contributed by atoms with van der Waals surface area (Å²) in [6.45, 7) is 3.83. The molecule has 0 radical (unpaired) electrons. The molecule has 0 spiro atoms. The van der Waals surface area contributed by atoms with Crippen LogP contribution in [-0.4, -0.2) is 22.2 Å². The average molecular weight is 370 g/mol. The molecule has 3 rings (SSSR count). The third kappa shape index (κ3) is 3.75. The Morgan fingerprint density at radius 1 is 1.23 bits per heavy atom. The molecule has 1 aromatic heterocycles. The van der Waals surface area contributed by atoms with Crippen LogP contribution in [0.2, 0.25) is 5.02 Å². The maximum Gasteiger partial charge on any atom is 0.302 e. The normalized spacial score (nSPS) is 11.1. The van der Waals surface area contributed by atoms with E-state index in [0.717, 1.165) is 5.52 Å². The van der Waals surface area contributed by atoms with Crippen molar-refractivity contribution in [3.63, 3.8) is 0 Å². The van der Waals surface area contributed by atoms with Crippen LogP contribution in [0.1, 0.15) is 0 Å². The van der Waals surface area contributed by atoms with Crippen LogP contribution in [0, 0.1) is 0 Å². The van der Waals surface area contributed by atoms with E-state index in [0.29, 0.717) is 22.7 Å². The number of aromatic nitrogens is 1. The predicted octanol–water partition coefficient (Wildman–Crippen LogP) is 4.88. The number of para-hydroxylation sites is 1. The molecule has 6 nitrogen and oxygen atoms in total. The minimum atomic E-state index is -0.570. The van der Waals surface area contributed by atoms with Crippen LogP contribution in [0.5, 0.6) is 11.6 Å². The first-order valence-electron chi connectivity index (χ1n) is 7.84. The quantitative estimate of drug-likeness (QED) is 0.497. The minimum absolute atomic E-state index is 0.0683. The molecule has 2 aromatic carbocycles. The highest BCUT2D eigenvalue weighted by molar-refractivity contribution is 6.30. The van der Waals surface area contributed by atoms with Gasteiger partial charge in [-0.2, -0.15) is 0 Å². The van der Waals surface area contributed by atoms with E-state index in [-0.39, 0.29) is 18.2 Å². The lowest BCUT2D eigenvalue weighted by atomic mass is 10.2. The molecule has 0 atom stereocenters. The monoisotopic (exact) mass is 369 g/mol. The lowest BCUT2D eigenvalue weighted by Gasteiger charge is -2.02. The third-order valence-electron chi connectivity index (χ3n) is 3.67. The summed E-state index contributed by atoms with van der Waals surface area (Å²) in [5.74, 6) is -0.135. The van der Waals surface area contributed by atoms with Crippen molar-refractivity contribution < 1.29 is 14.6 Å². The van der Waals surface area contributed by atoms with Crippen molar-refractivity contribution in [3.8, 4) is 11.6 Å². The van der Waals surface area contributed by atoms with Crippen molar-refractivity contribution in [1.82, 2.24) is 4.57 Å². The summed E-state index contributed by atoms with van der Waals surface area (Å²) < 4.78 is 6.97. The van der Waals surface area contributed by atoms with Gasteiger partial charge in [-0.3, -0.25) is 4.79 Å². The van der Waals surface area contributed by atoms with Crippen LogP contribution in [0.3, 0.4) is 0 Å². The summed E-state index contributed by atoms with van der Waals surface area (Å²) in [6, 6.07) is 14.0. The van der Waals surface area contributed by atoms with E-state index in [1.54, 1.807) is 41.0 Å². The fourth-order valence-corrected chi connectivity index (χ4v) is 2.62. The van der Waals surface area contributed by atoms with Gasteiger partial charge in [-0.05, 0) is 30.3 Å². The van der Waals surface area contributed by atoms with Gasteiger partial charge in [0.2, 0.25) is 5.88 Å². The Balaban J connectivity index is 1.77. The van der Waals surface area contributed by atoms with Crippen LogP contribution in [0.4, 0.5) is 5.69 Å². The number of carbonyl (C=O) groups is 1.